The molecule has 0 unspecified atom stereocenters. The largest absolute Gasteiger partial charge is 0.364 e. The van der Waals surface area contributed by atoms with Gasteiger partial charge in [-0.15, -0.1) is 0 Å². The predicted molar refractivity (Wildman–Crippen MR) is 71.4 cm³/mol. The van der Waals surface area contributed by atoms with Crippen LogP contribution < -0.4 is 5.73 Å². The quantitative estimate of drug-likeness (QED) is 0.764. The Kier molecular flexibility index (Phi) is 2.53. The van der Waals surface area contributed by atoms with Crippen LogP contribution in [0.25, 0.3) is 21.2 Å². The van der Waals surface area contributed by atoms with Crippen LogP contribution in [0.5, 0.6) is 0 Å². The van der Waals surface area contributed by atoms with E-state index in [4.69, 9.17) is 5.73 Å². The molecule has 2 heterocycles. The van der Waals surface area contributed by atoms with Crippen molar-refractivity contribution in [2.75, 3.05) is 0 Å². The fraction of sp³-hybridized carbons (Fsp3) is 0. The Balaban J connectivity index is 2.36. The Bertz CT molecular complexity index is 721. The summed E-state index contributed by atoms with van der Waals surface area (Å²) in [5.41, 5.74) is 7.65. The number of hydrogen-bond acceptors (Lipinski definition) is 4. The van der Waals surface area contributed by atoms with Crippen LogP contribution in [0.15, 0.2) is 42.7 Å². The number of fused-ring (bicyclic) bond motifs is 1. The van der Waals surface area contributed by atoms with Crippen LogP contribution in [-0.2, 0) is 0 Å². The molecule has 0 aliphatic carbocycles. The highest BCUT2D eigenvalue weighted by Gasteiger charge is 2.15. The molecule has 0 aliphatic rings. The monoisotopic (exact) mass is 255 g/mol. The fourth-order valence-electron chi connectivity index (χ4n) is 1.93. The minimum atomic E-state index is -0.497. The molecule has 88 valence electrons. The fourth-order valence-corrected chi connectivity index (χ4v) is 2.74. The molecule has 0 spiro atoms. The Morgan fingerprint density at radius 1 is 1.17 bits per heavy atom. The molecule has 3 rings (SSSR count). The van der Waals surface area contributed by atoms with Gasteiger partial charge in [-0.2, -0.15) is 4.37 Å². The van der Waals surface area contributed by atoms with Crippen LogP contribution in [-0.4, -0.2) is 15.3 Å². The number of nitrogens with two attached hydrogens (primary N) is 1. The number of aromatic nitrogens is 2. The number of carbonyl (C=O) groups is 1. The van der Waals surface area contributed by atoms with Crippen molar-refractivity contribution < 1.29 is 4.79 Å². The number of amides is 1. The molecule has 2 aromatic heterocycles. The van der Waals surface area contributed by atoms with Gasteiger partial charge in [0, 0.05) is 17.8 Å². The van der Waals surface area contributed by atoms with E-state index in [1.807, 2.05) is 30.3 Å². The Labute approximate surface area is 107 Å². The number of hydrogen-bond donors (Lipinski definition) is 1. The Hall–Kier alpha value is -2.27. The van der Waals surface area contributed by atoms with Crippen molar-refractivity contribution in [3.05, 3.63) is 48.4 Å². The molecule has 0 radical (unpaired) electrons. The van der Waals surface area contributed by atoms with Gasteiger partial charge in [-0.25, -0.2) is 0 Å². The lowest BCUT2D eigenvalue weighted by molar-refractivity contribution is 0.0998. The van der Waals surface area contributed by atoms with Crippen molar-refractivity contribution in [3.8, 4) is 11.1 Å². The lowest BCUT2D eigenvalue weighted by Crippen LogP contribution is -2.11. The van der Waals surface area contributed by atoms with Crippen molar-refractivity contribution in [2.24, 2.45) is 5.73 Å². The molecule has 0 saturated heterocycles. The van der Waals surface area contributed by atoms with Crippen LogP contribution in [0.3, 0.4) is 0 Å². The smallest absolute Gasteiger partial charge is 0.269 e. The van der Waals surface area contributed by atoms with Crippen molar-refractivity contribution >= 4 is 27.5 Å². The van der Waals surface area contributed by atoms with Crippen LogP contribution in [0, 0.1) is 0 Å². The van der Waals surface area contributed by atoms with Gasteiger partial charge in [-0.3, -0.25) is 9.78 Å². The highest BCUT2D eigenvalue weighted by atomic mass is 32.1. The van der Waals surface area contributed by atoms with E-state index in [1.165, 1.54) is 11.5 Å². The number of carbonyl (C=O) groups excluding carboxylic acids is 1. The number of primary amides is 1. The van der Waals surface area contributed by atoms with Crippen molar-refractivity contribution in [1.29, 1.82) is 0 Å². The molecule has 0 fully saturated rings. The van der Waals surface area contributed by atoms with E-state index in [2.05, 4.69) is 9.36 Å². The van der Waals surface area contributed by atoms with Gasteiger partial charge in [0.1, 0.15) is 5.69 Å². The average molecular weight is 255 g/mol. The predicted octanol–water partition coefficient (Wildman–Crippen LogP) is 2.46. The van der Waals surface area contributed by atoms with E-state index in [-0.39, 0.29) is 0 Å². The minimum Gasteiger partial charge on any atom is -0.364 e. The summed E-state index contributed by atoms with van der Waals surface area (Å²) in [6.45, 7) is 0. The lowest BCUT2D eigenvalue weighted by atomic mass is 10.0. The summed E-state index contributed by atoms with van der Waals surface area (Å²) in [7, 11) is 0. The van der Waals surface area contributed by atoms with Crippen molar-refractivity contribution in [1.82, 2.24) is 9.36 Å². The maximum atomic E-state index is 11.4. The van der Waals surface area contributed by atoms with E-state index in [9.17, 15) is 4.79 Å². The zero-order chi connectivity index (χ0) is 12.5. The summed E-state index contributed by atoms with van der Waals surface area (Å²) in [6, 6.07) is 9.64. The number of rotatable bonds is 2. The van der Waals surface area contributed by atoms with Gasteiger partial charge in [0.25, 0.3) is 5.91 Å². The van der Waals surface area contributed by atoms with E-state index in [0.717, 1.165) is 21.2 Å². The molecular weight excluding hydrogens is 246 g/mol. The molecule has 1 aromatic carbocycles. The highest BCUT2D eigenvalue weighted by Crippen LogP contribution is 2.32. The second kappa shape index (κ2) is 4.19. The first-order valence-electron chi connectivity index (χ1n) is 5.36. The maximum absolute atomic E-state index is 11.4. The molecule has 4 nitrogen and oxygen atoms in total. The van der Waals surface area contributed by atoms with Crippen LogP contribution in [0.4, 0.5) is 0 Å². The molecule has 18 heavy (non-hydrogen) atoms. The molecule has 3 aromatic rings. The van der Waals surface area contributed by atoms with Gasteiger partial charge in [-0.05, 0) is 40.9 Å². The number of pyridine rings is 1. The summed E-state index contributed by atoms with van der Waals surface area (Å²) in [5.74, 6) is -0.497. The van der Waals surface area contributed by atoms with E-state index in [1.54, 1.807) is 12.4 Å². The summed E-state index contributed by atoms with van der Waals surface area (Å²) >= 11 is 1.28. The average Bonchev–Trinajstić information content (AvgIpc) is 2.83. The molecule has 1 amide bonds. The first-order valence-corrected chi connectivity index (χ1v) is 6.13. The molecule has 0 atom stereocenters. The third-order valence-electron chi connectivity index (χ3n) is 2.72. The summed E-state index contributed by atoms with van der Waals surface area (Å²) in [5, 5.41) is 0.821. The SMILES string of the molecule is NC(=O)c1nsc2cccc(-c3ccncc3)c12. The third-order valence-corrected chi connectivity index (χ3v) is 3.53. The zero-order valence-electron chi connectivity index (χ0n) is 9.33. The van der Waals surface area contributed by atoms with E-state index in [0.29, 0.717) is 5.69 Å². The molecule has 0 saturated carbocycles. The van der Waals surface area contributed by atoms with Crippen molar-refractivity contribution in [3.63, 3.8) is 0 Å². The number of benzene rings is 1. The van der Waals surface area contributed by atoms with Gasteiger partial charge in [0.15, 0.2) is 0 Å². The van der Waals surface area contributed by atoms with Crippen LogP contribution in [0.2, 0.25) is 0 Å². The molecular formula is C13H9N3OS. The lowest BCUT2D eigenvalue weighted by Gasteiger charge is -2.03. The van der Waals surface area contributed by atoms with E-state index < -0.39 is 5.91 Å². The van der Waals surface area contributed by atoms with Gasteiger partial charge < -0.3 is 5.73 Å². The van der Waals surface area contributed by atoms with Gasteiger partial charge in [-0.1, -0.05) is 12.1 Å². The summed E-state index contributed by atoms with van der Waals surface area (Å²) < 4.78 is 5.09. The topological polar surface area (TPSA) is 68.9 Å². The van der Waals surface area contributed by atoms with Crippen LogP contribution >= 0.6 is 11.5 Å². The first-order chi connectivity index (χ1) is 8.77. The molecule has 5 heteroatoms. The van der Waals surface area contributed by atoms with Gasteiger partial charge >= 0.3 is 0 Å². The number of nitrogens with zero attached hydrogens (tertiary/aromatic N) is 2. The molecule has 0 aliphatic heterocycles. The van der Waals surface area contributed by atoms with Gasteiger partial charge in [0.05, 0.1) is 4.70 Å². The second-order valence-electron chi connectivity index (χ2n) is 3.81. The summed E-state index contributed by atoms with van der Waals surface area (Å²) in [6.07, 6.45) is 3.44. The Morgan fingerprint density at radius 3 is 2.67 bits per heavy atom. The Morgan fingerprint density at radius 2 is 1.94 bits per heavy atom. The molecule has 0 bridgehead atoms. The van der Waals surface area contributed by atoms with Crippen LogP contribution in [0.1, 0.15) is 10.5 Å². The first kappa shape index (κ1) is 10.9. The normalized spacial score (nSPS) is 10.7. The van der Waals surface area contributed by atoms with E-state index >= 15 is 0 Å². The summed E-state index contributed by atoms with van der Waals surface area (Å²) in [4.78, 5) is 15.4. The maximum Gasteiger partial charge on any atom is 0.269 e. The second-order valence-corrected chi connectivity index (χ2v) is 4.62. The highest BCUT2D eigenvalue weighted by molar-refractivity contribution is 7.13. The van der Waals surface area contributed by atoms with Crippen molar-refractivity contribution in [2.45, 2.75) is 0 Å². The molecule has 2 N–H and O–H groups in total. The van der Waals surface area contributed by atoms with Gasteiger partial charge in [0.2, 0.25) is 0 Å². The minimum absolute atomic E-state index is 0.336. The zero-order valence-corrected chi connectivity index (χ0v) is 10.1. The standard InChI is InChI=1S/C13H9N3OS/c14-13(17)12-11-9(8-4-6-15-7-5-8)2-1-3-10(11)18-16-12/h1-7H,(H2,14,17). The third kappa shape index (κ3) is 1.65.